The maximum atomic E-state index is 13.0. The molecule has 17 nitrogen and oxygen atoms in total. The van der Waals surface area contributed by atoms with Gasteiger partial charge in [0.1, 0.15) is 19.3 Å². The van der Waals surface area contributed by atoms with Crippen molar-refractivity contribution in [2.24, 2.45) is 23.7 Å². The third-order valence-electron chi connectivity index (χ3n) is 16.7. The molecule has 0 heterocycles. The maximum absolute atomic E-state index is 13.0. The number of esters is 4. The van der Waals surface area contributed by atoms with Gasteiger partial charge < -0.3 is 33.8 Å². The van der Waals surface area contributed by atoms with Crippen molar-refractivity contribution in [1.82, 2.24) is 0 Å². The number of carbonyl (C=O) groups is 4. The first-order valence-electron chi connectivity index (χ1n) is 36.7. The van der Waals surface area contributed by atoms with E-state index in [1.54, 1.807) is 0 Å². The van der Waals surface area contributed by atoms with Crippen LogP contribution in [0.5, 0.6) is 0 Å². The number of hydrogen-bond donors (Lipinski definition) is 3. The third-order valence-corrected chi connectivity index (χ3v) is 18.6. The van der Waals surface area contributed by atoms with Crippen LogP contribution in [0.3, 0.4) is 0 Å². The molecule has 0 bridgehead atoms. The standard InChI is InChI=1S/C71H138O17P2/c1-9-64(8)50-42-34-29-30-36-44-52-69(74)82-58-67(88-70(75)53-45-37-27-21-15-11-13-18-24-32-40-48-62(4)5)60-86-90(79,80)84-56-65(72)55-83-89(77,78)85-59-66(87-71(76)54-46-38-28-22-16-19-25-33-41-49-63(6)7)57-81-68(73)51-43-35-26-20-14-10-12-17-23-31-39-47-61(2)3/h61-67,72H,9-60H2,1-8H3,(H,77,78)(H,79,80)/t64?,65-,66-,67-/m1/s1. The van der Waals surface area contributed by atoms with Crippen LogP contribution in [0.25, 0.3) is 0 Å². The molecule has 0 saturated carbocycles. The molecule has 0 amide bonds. The lowest BCUT2D eigenvalue weighted by Gasteiger charge is -2.21. The normalized spacial score (nSPS) is 14.6. The van der Waals surface area contributed by atoms with Gasteiger partial charge in [0.2, 0.25) is 0 Å². The fourth-order valence-corrected chi connectivity index (χ4v) is 12.2. The van der Waals surface area contributed by atoms with Gasteiger partial charge >= 0.3 is 39.5 Å². The molecule has 6 atom stereocenters. The summed E-state index contributed by atoms with van der Waals surface area (Å²) in [6, 6.07) is 0. The Morgan fingerprint density at radius 2 is 0.533 bits per heavy atom. The van der Waals surface area contributed by atoms with Crippen molar-refractivity contribution < 1.29 is 80.2 Å². The minimum Gasteiger partial charge on any atom is -0.462 e. The van der Waals surface area contributed by atoms with E-state index in [-0.39, 0.29) is 25.7 Å². The first-order valence-corrected chi connectivity index (χ1v) is 39.7. The van der Waals surface area contributed by atoms with E-state index in [2.05, 4.69) is 55.4 Å². The van der Waals surface area contributed by atoms with Gasteiger partial charge in [-0.15, -0.1) is 0 Å². The van der Waals surface area contributed by atoms with Crippen LogP contribution in [0.1, 0.15) is 351 Å². The van der Waals surface area contributed by atoms with Gasteiger partial charge in [-0.2, -0.15) is 0 Å². The Morgan fingerprint density at radius 3 is 0.789 bits per heavy atom. The fourth-order valence-electron chi connectivity index (χ4n) is 10.6. The molecule has 0 aliphatic carbocycles. The summed E-state index contributed by atoms with van der Waals surface area (Å²) in [5.41, 5.74) is 0. The summed E-state index contributed by atoms with van der Waals surface area (Å²) in [6.45, 7) is 14.1. The zero-order chi connectivity index (χ0) is 66.8. The monoisotopic (exact) mass is 1320 g/mol. The van der Waals surface area contributed by atoms with Gasteiger partial charge in [-0.05, 0) is 49.4 Å². The second kappa shape index (κ2) is 60.7. The Balaban J connectivity index is 5.26. The number of phosphoric acid groups is 2. The summed E-state index contributed by atoms with van der Waals surface area (Å²) >= 11 is 0. The van der Waals surface area contributed by atoms with E-state index in [1.165, 1.54) is 148 Å². The Labute approximate surface area is 549 Å². The lowest BCUT2D eigenvalue weighted by atomic mass is 10.00. The van der Waals surface area contributed by atoms with E-state index in [0.717, 1.165) is 120 Å². The summed E-state index contributed by atoms with van der Waals surface area (Å²) in [6.07, 6.45) is 43.0. The molecule has 3 unspecified atom stereocenters. The summed E-state index contributed by atoms with van der Waals surface area (Å²) in [5.74, 6) is 0.875. The highest BCUT2D eigenvalue weighted by Crippen LogP contribution is 2.45. The van der Waals surface area contributed by atoms with Crippen LogP contribution in [0.15, 0.2) is 0 Å². The van der Waals surface area contributed by atoms with Gasteiger partial charge in [-0.25, -0.2) is 9.13 Å². The molecule has 0 aliphatic rings. The number of unbranched alkanes of at least 4 members (excludes halogenated alkanes) is 33. The molecule has 0 aromatic carbocycles. The van der Waals surface area contributed by atoms with Crippen molar-refractivity contribution in [1.29, 1.82) is 0 Å². The minimum absolute atomic E-state index is 0.105. The van der Waals surface area contributed by atoms with E-state index in [1.807, 2.05) is 0 Å². The number of hydrogen-bond acceptors (Lipinski definition) is 15. The van der Waals surface area contributed by atoms with Gasteiger partial charge in [-0.3, -0.25) is 37.3 Å². The summed E-state index contributed by atoms with van der Waals surface area (Å²) in [7, 11) is -9.90. The zero-order valence-electron chi connectivity index (χ0n) is 58.8. The second-order valence-corrected chi connectivity index (χ2v) is 30.2. The Bertz CT molecular complexity index is 1780. The molecule has 0 aliphatic heterocycles. The van der Waals surface area contributed by atoms with Crippen LogP contribution in [-0.2, 0) is 65.4 Å². The van der Waals surface area contributed by atoms with Crippen molar-refractivity contribution in [2.45, 2.75) is 369 Å². The van der Waals surface area contributed by atoms with Crippen LogP contribution < -0.4 is 0 Å². The van der Waals surface area contributed by atoms with Crippen molar-refractivity contribution in [3.63, 3.8) is 0 Å². The van der Waals surface area contributed by atoms with E-state index in [9.17, 15) is 43.2 Å². The Morgan fingerprint density at radius 1 is 0.311 bits per heavy atom. The highest BCUT2D eigenvalue weighted by atomic mass is 31.2. The van der Waals surface area contributed by atoms with Crippen molar-refractivity contribution in [3.05, 3.63) is 0 Å². The first-order chi connectivity index (χ1) is 43.1. The topological polar surface area (TPSA) is 237 Å². The van der Waals surface area contributed by atoms with Crippen LogP contribution >= 0.6 is 15.6 Å². The zero-order valence-corrected chi connectivity index (χ0v) is 60.6. The molecule has 0 radical (unpaired) electrons. The number of carbonyl (C=O) groups excluding carboxylic acids is 4. The van der Waals surface area contributed by atoms with E-state index >= 15 is 0 Å². The average molecular weight is 1330 g/mol. The van der Waals surface area contributed by atoms with Gasteiger partial charge in [0.05, 0.1) is 26.4 Å². The molecule has 0 aromatic heterocycles. The van der Waals surface area contributed by atoms with Crippen LogP contribution in [0.2, 0.25) is 0 Å². The first kappa shape index (κ1) is 88.1. The lowest BCUT2D eigenvalue weighted by molar-refractivity contribution is -0.161. The summed E-state index contributed by atoms with van der Waals surface area (Å²) in [4.78, 5) is 72.6. The molecular weight excluding hydrogens is 1190 g/mol. The fraction of sp³-hybridized carbons (Fsp3) is 0.944. The Kier molecular flexibility index (Phi) is 59.4. The molecule has 534 valence electrons. The van der Waals surface area contributed by atoms with Crippen LogP contribution in [-0.4, -0.2) is 96.7 Å². The highest BCUT2D eigenvalue weighted by molar-refractivity contribution is 7.47. The lowest BCUT2D eigenvalue weighted by Crippen LogP contribution is -2.30. The van der Waals surface area contributed by atoms with Crippen molar-refractivity contribution >= 4 is 39.5 Å². The van der Waals surface area contributed by atoms with Gasteiger partial charge in [0.15, 0.2) is 12.2 Å². The minimum atomic E-state index is -4.95. The molecule has 0 rings (SSSR count). The van der Waals surface area contributed by atoms with E-state index < -0.39 is 97.5 Å². The third kappa shape index (κ3) is 63.5. The predicted molar refractivity (Wildman–Crippen MR) is 363 cm³/mol. The average Bonchev–Trinajstić information content (AvgIpc) is 3.57. The van der Waals surface area contributed by atoms with Crippen LogP contribution in [0.4, 0.5) is 0 Å². The number of aliphatic hydroxyl groups excluding tert-OH is 1. The number of aliphatic hydroxyl groups is 1. The number of rotatable bonds is 68. The van der Waals surface area contributed by atoms with Gasteiger partial charge in [0.25, 0.3) is 0 Å². The maximum Gasteiger partial charge on any atom is 0.472 e. The van der Waals surface area contributed by atoms with Gasteiger partial charge in [-0.1, -0.05) is 299 Å². The van der Waals surface area contributed by atoms with E-state index in [4.69, 9.17) is 37.0 Å². The molecule has 3 N–H and O–H groups in total. The predicted octanol–water partition coefficient (Wildman–Crippen LogP) is 20.1. The van der Waals surface area contributed by atoms with Crippen LogP contribution in [0, 0.1) is 23.7 Å². The summed E-state index contributed by atoms with van der Waals surface area (Å²) < 4.78 is 68.3. The molecule has 0 saturated heterocycles. The highest BCUT2D eigenvalue weighted by Gasteiger charge is 2.30. The largest absolute Gasteiger partial charge is 0.472 e. The number of phosphoric ester groups is 2. The smallest absolute Gasteiger partial charge is 0.462 e. The SMILES string of the molecule is CCC(C)CCCCCCCCC(=O)OC[C@H](COP(=O)(O)OC[C@H](O)COP(=O)(O)OC[C@@H](COC(=O)CCCCCCCCCCCCCC(C)C)OC(=O)CCCCCCCCCCCC(C)C)OC(=O)CCCCCCCCCCCCCC(C)C. The molecule has 0 spiro atoms. The Hall–Kier alpha value is -1.94. The molecule has 0 fully saturated rings. The van der Waals surface area contributed by atoms with E-state index in [0.29, 0.717) is 25.7 Å². The van der Waals surface area contributed by atoms with Crippen molar-refractivity contribution in [3.8, 4) is 0 Å². The molecule has 19 heteroatoms. The van der Waals surface area contributed by atoms with Gasteiger partial charge in [0, 0.05) is 25.7 Å². The molecular formula is C71H138O17P2. The second-order valence-electron chi connectivity index (χ2n) is 27.3. The number of ether oxygens (including phenoxy) is 4. The quantitative estimate of drug-likeness (QED) is 0.0222. The molecule has 0 aromatic rings. The summed E-state index contributed by atoms with van der Waals surface area (Å²) in [5, 5.41) is 10.6. The van der Waals surface area contributed by atoms with Crippen molar-refractivity contribution in [2.75, 3.05) is 39.6 Å². The molecule has 90 heavy (non-hydrogen) atoms.